The molecule has 0 saturated heterocycles. The number of fused-ring (bicyclic) bond motifs is 2. The minimum Gasteiger partial charge on any atom is -0.497 e. The van der Waals surface area contributed by atoms with E-state index in [1.165, 1.54) is 31.3 Å². The summed E-state index contributed by atoms with van der Waals surface area (Å²) in [7, 11) is 2.96. The van der Waals surface area contributed by atoms with E-state index in [-0.39, 0.29) is 12.0 Å². The second-order valence-electron chi connectivity index (χ2n) is 12.0. The number of aliphatic hydroxyl groups excluding tert-OH is 1. The predicted molar refractivity (Wildman–Crippen MR) is 168 cm³/mol. The quantitative estimate of drug-likeness (QED) is 0.169. The molecule has 1 heterocycles. The monoisotopic (exact) mass is 661 g/mol. The van der Waals surface area contributed by atoms with E-state index in [1.807, 2.05) is 0 Å². The number of methoxy groups -OCH3 is 2. The largest absolute Gasteiger partial charge is 0.573 e. The highest BCUT2D eigenvalue weighted by Gasteiger charge is 2.54. The Kier molecular flexibility index (Phi) is 9.07. The van der Waals surface area contributed by atoms with Gasteiger partial charge in [0.25, 0.3) is 5.91 Å². The molecule has 1 aliphatic heterocycles. The lowest BCUT2D eigenvalue weighted by Crippen LogP contribution is -2.38. The first-order valence-corrected chi connectivity index (χ1v) is 14.9. The molecule has 3 aromatic carbocycles. The van der Waals surface area contributed by atoms with Crippen LogP contribution in [-0.4, -0.2) is 56.1 Å². The molecule has 1 fully saturated rings. The van der Waals surface area contributed by atoms with Crippen LogP contribution in [0.2, 0.25) is 5.02 Å². The van der Waals surface area contributed by atoms with Crippen molar-refractivity contribution in [3.63, 3.8) is 0 Å². The second kappa shape index (κ2) is 12.6. The molecule has 0 aromatic heterocycles. The summed E-state index contributed by atoms with van der Waals surface area (Å²) in [5, 5.41) is 17.4. The van der Waals surface area contributed by atoms with Crippen LogP contribution in [0, 0.1) is 0 Å². The Morgan fingerprint density at radius 1 is 1.07 bits per heavy atom. The molecule has 9 nitrogen and oxygen atoms in total. The lowest BCUT2D eigenvalue weighted by atomic mass is 9.99. The Bertz CT molecular complexity index is 1660. The molecule has 0 radical (unpaired) electrons. The van der Waals surface area contributed by atoms with Crippen molar-refractivity contribution in [2.45, 2.75) is 57.0 Å². The maximum absolute atomic E-state index is 14.6. The van der Waals surface area contributed by atoms with Gasteiger partial charge in [-0.15, -0.1) is 13.2 Å². The summed E-state index contributed by atoms with van der Waals surface area (Å²) in [5.41, 5.74) is 1.98. The fraction of sp³-hybridized carbons (Fsp3) is 0.394. The van der Waals surface area contributed by atoms with Crippen LogP contribution < -0.4 is 24.4 Å². The molecule has 5 rings (SSSR count). The van der Waals surface area contributed by atoms with Crippen molar-refractivity contribution in [2.24, 2.45) is 5.16 Å². The molecular weight excluding hydrogens is 627 g/mol. The van der Waals surface area contributed by atoms with Gasteiger partial charge in [0.15, 0.2) is 5.60 Å². The molecule has 1 spiro atoms. The van der Waals surface area contributed by atoms with E-state index < -0.39 is 29.7 Å². The van der Waals surface area contributed by atoms with Crippen molar-refractivity contribution in [1.82, 2.24) is 0 Å². The van der Waals surface area contributed by atoms with Crippen molar-refractivity contribution >= 4 is 34.6 Å². The van der Waals surface area contributed by atoms with Crippen molar-refractivity contribution < 1.29 is 42.1 Å². The molecule has 1 atom stereocenters. The Balaban J connectivity index is 1.56. The number of anilines is 2. The maximum Gasteiger partial charge on any atom is 0.573 e. The Morgan fingerprint density at radius 3 is 2.43 bits per heavy atom. The number of oxime groups is 1. The van der Waals surface area contributed by atoms with Crippen molar-refractivity contribution in [1.29, 1.82) is 0 Å². The van der Waals surface area contributed by atoms with Gasteiger partial charge in [0.1, 0.15) is 23.3 Å². The average molecular weight is 662 g/mol. The third-order valence-corrected chi connectivity index (χ3v) is 8.32. The van der Waals surface area contributed by atoms with Crippen molar-refractivity contribution in [3.05, 3.63) is 76.3 Å². The number of halogens is 4. The average Bonchev–Trinajstić information content (AvgIpc) is 3.73. The Labute approximate surface area is 269 Å². The number of carbonyl (C=O) groups is 1. The predicted octanol–water partition coefficient (Wildman–Crippen LogP) is 7.00. The topological polar surface area (TPSA) is 102 Å². The van der Waals surface area contributed by atoms with E-state index in [0.717, 1.165) is 18.4 Å². The van der Waals surface area contributed by atoms with Gasteiger partial charge in [-0.1, -0.05) is 28.9 Å². The van der Waals surface area contributed by atoms with E-state index >= 15 is 0 Å². The number of carbonyl (C=O) groups excluding carboxylic acids is 1. The molecule has 0 bridgehead atoms. The molecule has 246 valence electrons. The number of amides is 1. The molecule has 13 heteroatoms. The summed E-state index contributed by atoms with van der Waals surface area (Å²) >= 11 is 6.26. The standard InChI is InChI=1S/C33H35ClF3N3O6/c1-19(39-46-31(2,3)18-41)20-12-22(15-24(13-20)43-4)38-29(25-8-6-21(34)14-28(25)44-5)30(42)40-17-32(10-11-32)26-9-7-23(16-27(26)40)45-33(35,36)37/h6-9,12-16,29,38,41H,10-11,17-18H2,1-5H3. The zero-order valence-corrected chi connectivity index (χ0v) is 26.8. The summed E-state index contributed by atoms with van der Waals surface area (Å²) in [6.07, 6.45) is -3.28. The van der Waals surface area contributed by atoms with Crippen LogP contribution in [0.1, 0.15) is 56.3 Å². The molecule has 2 aliphatic rings. The van der Waals surface area contributed by atoms with Gasteiger partial charge in [0.2, 0.25) is 0 Å². The number of nitrogens with zero attached hydrogens (tertiary/aromatic N) is 2. The van der Waals surface area contributed by atoms with Crippen LogP contribution in [0.3, 0.4) is 0 Å². The summed E-state index contributed by atoms with van der Waals surface area (Å²) in [6.45, 7) is 5.18. The number of hydrogen-bond acceptors (Lipinski definition) is 8. The summed E-state index contributed by atoms with van der Waals surface area (Å²) in [6, 6.07) is 13.2. The highest BCUT2D eigenvalue weighted by atomic mass is 35.5. The Morgan fingerprint density at radius 2 is 1.80 bits per heavy atom. The fourth-order valence-electron chi connectivity index (χ4n) is 5.43. The van der Waals surface area contributed by atoms with Crippen LogP contribution in [0.4, 0.5) is 24.5 Å². The van der Waals surface area contributed by atoms with E-state index in [4.69, 9.17) is 25.9 Å². The van der Waals surface area contributed by atoms with Gasteiger partial charge in [-0.2, -0.15) is 0 Å². The normalized spacial score (nSPS) is 16.1. The first-order valence-electron chi connectivity index (χ1n) is 14.5. The van der Waals surface area contributed by atoms with Gasteiger partial charge in [0.05, 0.1) is 32.2 Å². The highest BCUT2D eigenvalue weighted by Crippen LogP contribution is 2.57. The van der Waals surface area contributed by atoms with Crippen LogP contribution in [0.15, 0.2) is 59.8 Å². The summed E-state index contributed by atoms with van der Waals surface area (Å²) < 4.78 is 54.7. The van der Waals surface area contributed by atoms with E-state index in [9.17, 15) is 23.1 Å². The first-order chi connectivity index (χ1) is 21.7. The number of alkyl halides is 3. The van der Waals surface area contributed by atoms with Crippen LogP contribution in [0.5, 0.6) is 17.2 Å². The molecular formula is C33H35ClF3N3O6. The smallest absolute Gasteiger partial charge is 0.497 e. The number of nitrogens with one attached hydrogen (secondary N) is 1. The van der Waals surface area contributed by atoms with Gasteiger partial charge in [-0.3, -0.25) is 4.79 Å². The summed E-state index contributed by atoms with van der Waals surface area (Å²) in [5.74, 6) is -0.0251. The highest BCUT2D eigenvalue weighted by molar-refractivity contribution is 6.30. The number of benzene rings is 3. The lowest BCUT2D eigenvalue weighted by Gasteiger charge is -2.28. The molecule has 2 N–H and O–H groups in total. The summed E-state index contributed by atoms with van der Waals surface area (Å²) in [4.78, 5) is 21.6. The molecule has 46 heavy (non-hydrogen) atoms. The van der Waals surface area contributed by atoms with E-state index in [1.54, 1.807) is 63.2 Å². The third kappa shape index (κ3) is 7.13. The van der Waals surface area contributed by atoms with Gasteiger partial charge in [0, 0.05) is 45.9 Å². The molecule has 1 saturated carbocycles. The second-order valence-corrected chi connectivity index (χ2v) is 12.5. The van der Waals surface area contributed by atoms with Crippen molar-refractivity contribution in [2.75, 3.05) is 37.6 Å². The molecule has 1 amide bonds. The van der Waals surface area contributed by atoms with Crippen LogP contribution >= 0.6 is 11.6 Å². The van der Waals surface area contributed by atoms with E-state index in [0.29, 0.717) is 51.3 Å². The van der Waals surface area contributed by atoms with Gasteiger partial charge >= 0.3 is 6.36 Å². The number of rotatable bonds is 11. The molecule has 3 aromatic rings. The van der Waals surface area contributed by atoms with E-state index in [2.05, 4.69) is 15.2 Å². The minimum atomic E-state index is -4.88. The number of hydrogen-bond donors (Lipinski definition) is 2. The number of aliphatic hydroxyl groups is 1. The van der Waals surface area contributed by atoms with Crippen LogP contribution in [-0.2, 0) is 15.0 Å². The minimum absolute atomic E-state index is 0.244. The van der Waals surface area contributed by atoms with Gasteiger partial charge in [-0.05, 0) is 69.5 Å². The van der Waals surface area contributed by atoms with Crippen molar-refractivity contribution in [3.8, 4) is 17.2 Å². The zero-order chi connectivity index (χ0) is 33.4. The molecule has 1 aliphatic carbocycles. The van der Waals surface area contributed by atoms with Crippen LogP contribution in [0.25, 0.3) is 0 Å². The lowest BCUT2D eigenvalue weighted by molar-refractivity contribution is -0.274. The zero-order valence-electron chi connectivity index (χ0n) is 26.0. The SMILES string of the molecule is COc1cc(NC(C(=O)N2CC3(CC3)c3ccc(OC(F)(F)F)cc32)c2ccc(Cl)cc2OC)cc(C(C)=NOC(C)(C)CO)c1. The number of ether oxygens (including phenoxy) is 3. The van der Waals surface area contributed by atoms with Gasteiger partial charge in [-0.25, -0.2) is 0 Å². The van der Waals surface area contributed by atoms with Gasteiger partial charge < -0.3 is 34.4 Å². The fourth-order valence-corrected chi connectivity index (χ4v) is 5.59. The maximum atomic E-state index is 14.6. The Hall–Kier alpha value is -4.16. The first kappa shape index (κ1) is 33.2. The molecule has 1 unspecified atom stereocenters. The third-order valence-electron chi connectivity index (χ3n) is 8.08.